The second kappa shape index (κ2) is 5.45. The minimum Gasteiger partial charge on any atom is -0.761 e. The first kappa shape index (κ1) is 15.1. The van der Waals surface area contributed by atoms with Gasteiger partial charge < -0.3 is 15.8 Å². The number of nitro benzene ring substituents is 1. The second-order valence-corrected chi connectivity index (χ2v) is 5.30. The Labute approximate surface area is 131 Å². The number of non-ortho nitro benzene ring substituents is 1. The first-order chi connectivity index (χ1) is 11.0. The van der Waals surface area contributed by atoms with E-state index in [0.29, 0.717) is 27.8 Å². The molecule has 0 spiro atoms. The standard InChI is InChI=1S/C16H13N2O5/c1-2-14(19)12-5-8(17-21)6-13-15(12)10-4-3-9(18(22)23)7-11(10)16(13)20/h3-7,16-17,20H,2H2,1H3/q-1. The lowest BCUT2D eigenvalue weighted by Crippen LogP contribution is -2.03. The van der Waals surface area contributed by atoms with Crippen LogP contribution >= 0.6 is 0 Å². The zero-order chi connectivity index (χ0) is 16.7. The Morgan fingerprint density at radius 2 is 2.04 bits per heavy atom. The number of fused-ring (bicyclic) bond motifs is 3. The number of Topliss-reactive ketones (excluding diaryl/α,β-unsaturated/α-hetero) is 1. The minimum absolute atomic E-state index is 0.138. The SMILES string of the molecule is CCC(=O)c1cc(N[O-])cc2c1-c1ccc([N+](=O)[O-])cc1C2O. The van der Waals surface area contributed by atoms with E-state index in [1.54, 1.807) is 12.4 Å². The lowest BCUT2D eigenvalue weighted by atomic mass is 9.95. The number of ketones is 1. The number of aliphatic hydroxyl groups is 1. The molecule has 0 radical (unpaired) electrons. The van der Waals surface area contributed by atoms with E-state index in [1.807, 2.05) is 0 Å². The molecule has 118 valence electrons. The number of nitrogens with zero attached hydrogens (tertiary/aromatic N) is 1. The van der Waals surface area contributed by atoms with E-state index in [-0.39, 0.29) is 23.6 Å². The molecule has 0 amide bonds. The molecule has 2 aromatic carbocycles. The van der Waals surface area contributed by atoms with Crippen molar-refractivity contribution < 1.29 is 14.8 Å². The molecule has 0 saturated heterocycles. The summed E-state index contributed by atoms with van der Waals surface area (Å²) in [6, 6.07) is 7.07. The first-order valence-electron chi connectivity index (χ1n) is 7.04. The van der Waals surface area contributed by atoms with Gasteiger partial charge in [0.25, 0.3) is 5.69 Å². The van der Waals surface area contributed by atoms with E-state index in [9.17, 15) is 25.2 Å². The molecule has 1 atom stereocenters. The topological polar surface area (TPSA) is 116 Å². The summed E-state index contributed by atoms with van der Waals surface area (Å²) in [5.74, 6) is -0.170. The van der Waals surface area contributed by atoms with Gasteiger partial charge in [-0.25, -0.2) is 0 Å². The molecule has 0 aromatic heterocycles. The Hall–Kier alpha value is -2.77. The maximum atomic E-state index is 12.2. The maximum absolute atomic E-state index is 12.2. The Bertz CT molecular complexity index is 831. The number of aliphatic hydroxyl groups excluding tert-OH is 1. The van der Waals surface area contributed by atoms with Crippen LogP contribution in [0.2, 0.25) is 0 Å². The molecular formula is C16H13N2O5-. The summed E-state index contributed by atoms with van der Waals surface area (Å²) in [4.78, 5) is 22.6. The number of nitrogens with one attached hydrogen (secondary N) is 1. The maximum Gasteiger partial charge on any atom is 0.269 e. The van der Waals surface area contributed by atoms with Crippen molar-refractivity contribution >= 4 is 17.2 Å². The van der Waals surface area contributed by atoms with Crippen molar-refractivity contribution in [1.29, 1.82) is 0 Å². The highest BCUT2D eigenvalue weighted by molar-refractivity contribution is 6.05. The van der Waals surface area contributed by atoms with Crippen LogP contribution in [0.4, 0.5) is 11.4 Å². The van der Waals surface area contributed by atoms with Crippen molar-refractivity contribution in [2.75, 3.05) is 5.48 Å². The van der Waals surface area contributed by atoms with Gasteiger partial charge in [0.2, 0.25) is 0 Å². The van der Waals surface area contributed by atoms with E-state index >= 15 is 0 Å². The smallest absolute Gasteiger partial charge is 0.269 e. The van der Waals surface area contributed by atoms with Crippen LogP contribution in [0.15, 0.2) is 30.3 Å². The van der Waals surface area contributed by atoms with E-state index in [1.165, 1.54) is 30.3 Å². The first-order valence-corrected chi connectivity index (χ1v) is 7.04. The Morgan fingerprint density at radius 1 is 1.30 bits per heavy atom. The summed E-state index contributed by atoms with van der Waals surface area (Å²) >= 11 is 0. The zero-order valence-corrected chi connectivity index (χ0v) is 12.2. The number of benzene rings is 2. The number of hydrogen-bond donors (Lipinski definition) is 2. The van der Waals surface area contributed by atoms with E-state index in [0.717, 1.165) is 0 Å². The average Bonchev–Trinajstić information content (AvgIpc) is 2.85. The molecule has 1 aliphatic carbocycles. The molecule has 3 rings (SSSR count). The minimum atomic E-state index is -1.11. The third-order valence-corrected chi connectivity index (χ3v) is 4.01. The van der Waals surface area contributed by atoms with E-state index in [2.05, 4.69) is 0 Å². The van der Waals surface area contributed by atoms with Gasteiger partial charge in [0, 0.05) is 29.8 Å². The van der Waals surface area contributed by atoms with Crippen molar-refractivity contribution in [2.24, 2.45) is 0 Å². The van der Waals surface area contributed by atoms with Crippen LogP contribution in [0.25, 0.3) is 11.1 Å². The number of carbonyl (C=O) groups is 1. The molecule has 7 nitrogen and oxygen atoms in total. The van der Waals surface area contributed by atoms with Gasteiger partial charge in [-0.15, -0.1) is 0 Å². The number of rotatable bonds is 4. The molecule has 0 saturated carbocycles. The number of anilines is 1. The molecule has 0 fully saturated rings. The van der Waals surface area contributed by atoms with Crippen molar-refractivity contribution in [3.05, 3.63) is 62.3 Å². The third-order valence-electron chi connectivity index (χ3n) is 4.01. The highest BCUT2D eigenvalue weighted by Gasteiger charge is 2.32. The molecule has 1 aliphatic rings. The Kier molecular flexibility index (Phi) is 3.59. The number of carbonyl (C=O) groups excluding carboxylic acids is 1. The highest BCUT2D eigenvalue weighted by Crippen LogP contribution is 2.47. The molecule has 0 heterocycles. The van der Waals surface area contributed by atoms with Crippen molar-refractivity contribution in [3.8, 4) is 11.1 Å². The van der Waals surface area contributed by atoms with Crippen LogP contribution in [0, 0.1) is 15.3 Å². The number of hydrogen-bond acceptors (Lipinski definition) is 6. The summed E-state index contributed by atoms with van der Waals surface area (Å²) in [6.07, 6.45) is -0.871. The predicted octanol–water partition coefficient (Wildman–Crippen LogP) is 3.16. The zero-order valence-electron chi connectivity index (χ0n) is 12.2. The van der Waals surface area contributed by atoms with E-state index < -0.39 is 11.0 Å². The van der Waals surface area contributed by atoms with E-state index in [4.69, 9.17) is 0 Å². The fourth-order valence-corrected chi connectivity index (χ4v) is 2.94. The van der Waals surface area contributed by atoms with Gasteiger partial charge in [-0.05, 0) is 40.5 Å². The second-order valence-electron chi connectivity index (χ2n) is 5.30. The van der Waals surface area contributed by atoms with Crippen LogP contribution in [0.5, 0.6) is 0 Å². The van der Waals surface area contributed by atoms with Gasteiger partial charge in [-0.1, -0.05) is 6.92 Å². The van der Waals surface area contributed by atoms with Crippen LogP contribution < -0.4 is 5.48 Å². The predicted molar refractivity (Wildman–Crippen MR) is 84.2 cm³/mol. The average molecular weight is 313 g/mol. The molecule has 2 N–H and O–H groups in total. The van der Waals surface area contributed by atoms with Crippen molar-refractivity contribution in [1.82, 2.24) is 0 Å². The lowest BCUT2D eigenvalue weighted by molar-refractivity contribution is -0.384. The molecule has 0 bridgehead atoms. The number of nitro groups is 1. The summed E-state index contributed by atoms with van der Waals surface area (Å²) in [5, 5.41) is 32.4. The Morgan fingerprint density at radius 3 is 2.65 bits per heavy atom. The summed E-state index contributed by atoms with van der Waals surface area (Å²) in [7, 11) is 0. The van der Waals surface area contributed by atoms with Crippen LogP contribution in [-0.4, -0.2) is 15.8 Å². The molecule has 2 aromatic rings. The monoisotopic (exact) mass is 313 g/mol. The van der Waals surface area contributed by atoms with Gasteiger partial charge >= 0.3 is 0 Å². The Balaban J connectivity index is 2.28. The third kappa shape index (κ3) is 2.26. The van der Waals surface area contributed by atoms with Gasteiger partial charge in [-0.2, -0.15) is 0 Å². The largest absolute Gasteiger partial charge is 0.761 e. The fourth-order valence-electron chi connectivity index (χ4n) is 2.94. The summed E-state index contributed by atoms with van der Waals surface area (Å²) < 4.78 is 0. The van der Waals surface area contributed by atoms with Crippen LogP contribution in [0.3, 0.4) is 0 Å². The fraction of sp³-hybridized carbons (Fsp3) is 0.188. The van der Waals surface area contributed by atoms with Crippen molar-refractivity contribution in [2.45, 2.75) is 19.4 Å². The quantitative estimate of drug-likeness (QED) is 0.509. The van der Waals surface area contributed by atoms with Crippen molar-refractivity contribution in [3.63, 3.8) is 0 Å². The normalized spacial score (nSPS) is 15.0. The lowest BCUT2D eigenvalue weighted by Gasteiger charge is -2.15. The van der Waals surface area contributed by atoms with Gasteiger partial charge in [0.05, 0.1) is 4.92 Å². The molecule has 23 heavy (non-hydrogen) atoms. The molecular weight excluding hydrogens is 300 g/mol. The van der Waals surface area contributed by atoms with Crippen LogP contribution in [0.1, 0.15) is 40.9 Å². The summed E-state index contributed by atoms with van der Waals surface area (Å²) in [6.45, 7) is 1.70. The highest BCUT2D eigenvalue weighted by atomic mass is 16.6. The molecule has 7 heteroatoms. The van der Waals surface area contributed by atoms with Gasteiger partial charge in [0.1, 0.15) is 6.10 Å². The summed E-state index contributed by atoms with van der Waals surface area (Å²) in [5.41, 5.74) is 3.97. The van der Waals surface area contributed by atoms with Gasteiger partial charge in [-0.3, -0.25) is 14.9 Å². The van der Waals surface area contributed by atoms with Gasteiger partial charge in [0.15, 0.2) is 5.78 Å². The van der Waals surface area contributed by atoms with Crippen LogP contribution in [-0.2, 0) is 0 Å². The molecule has 0 aliphatic heterocycles. The molecule has 1 unspecified atom stereocenters.